The third kappa shape index (κ3) is 5.26. The van der Waals surface area contributed by atoms with Gasteiger partial charge < -0.3 is 15.2 Å². The van der Waals surface area contributed by atoms with Crippen LogP contribution in [0.4, 0.5) is 8.78 Å². The lowest BCUT2D eigenvalue weighted by molar-refractivity contribution is -0.131. The topological polar surface area (TPSA) is 93.5 Å². The summed E-state index contributed by atoms with van der Waals surface area (Å²) in [6.07, 6.45) is 0.963. The molecule has 0 spiro atoms. The van der Waals surface area contributed by atoms with Gasteiger partial charge in [0.05, 0.1) is 6.54 Å². The largest absolute Gasteiger partial charge is 0.471 e. The second-order valence-corrected chi connectivity index (χ2v) is 8.60. The molecule has 1 amide bonds. The summed E-state index contributed by atoms with van der Waals surface area (Å²) in [4.78, 5) is 28.9. The van der Waals surface area contributed by atoms with E-state index in [4.69, 9.17) is 16.3 Å². The SMILES string of the molecule is Cc1nc(OCc2ccc(F)cc2F)c(Cl)c(=O)n1Cc1ccc(CNC(=O)C2(O)CC2)cc1. The van der Waals surface area contributed by atoms with Crippen molar-refractivity contribution in [3.63, 3.8) is 0 Å². The molecule has 3 aromatic rings. The molecule has 1 saturated carbocycles. The first kappa shape index (κ1) is 23.8. The van der Waals surface area contributed by atoms with Gasteiger partial charge in [0.15, 0.2) is 5.02 Å². The van der Waals surface area contributed by atoms with Gasteiger partial charge >= 0.3 is 0 Å². The van der Waals surface area contributed by atoms with Crippen molar-refractivity contribution >= 4 is 17.5 Å². The van der Waals surface area contributed by atoms with Gasteiger partial charge in [0.1, 0.15) is 29.7 Å². The number of hydrogen-bond acceptors (Lipinski definition) is 5. The number of benzene rings is 2. The number of rotatable bonds is 8. The second kappa shape index (κ2) is 9.52. The van der Waals surface area contributed by atoms with Crippen molar-refractivity contribution in [2.75, 3.05) is 0 Å². The van der Waals surface area contributed by atoms with Crippen LogP contribution in [0.1, 0.15) is 35.4 Å². The number of ether oxygens (including phenoxy) is 1. The molecule has 10 heteroatoms. The van der Waals surface area contributed by atoms with Gasteiger partial charge in [-0.25, -0.2) is 8.78 Å². The minimum absolute atomic E-state index is 0.101. The molecule has 0 saturated heterocycles. The van der Waals surface area contributed by atoms with Crippen molar-refractivity contribution in [1.29, 1.82) is 0 Å². The summed E-state index contributed by atoms with van der Waals surface area (Å²) in [7, 11) is 0. The van der Waals surface area contributed by atoms with Crippen LogP contribution in [0.2, 0.25) is 5.02 Å². The van der Waals surface area contributed by atoms with E-state index in [-0.39, 0.29) is 42.1 Å². The van der Waals surface area contributed by atoms with Gasteiger partial charge in [0.25, 0.3) is 11.5 Å². The number of nitrogens with one attached hydrogen (secondary N) is 1. The molecule has 0 atom stereocenters. The Balaban J connectivity index is 1.42. The highest BCUT2D eigenvalue weighted by atomic mass is 35.5. The quantitative estimate of drug-likeness (QED) is 0.506. The fourth-order valence-electron chi connectivity index (χ4n) is 3.32. The number of aryl methyl sites for hydroxylation is 1. The predicted molar refractivity (Wildman–Crippen MR) is 121 cm³/mol. The van der Waals surface area contributed by atoms with Crippen LogP contribution in [0, 0.1) is 18.6 Å². The van der Waals surface area contributed by atoms with Crippen LogP contribution in [0.25, 0.3) is 0 Å². The number of aromatic nitrogens is 2. The lowest BCUT2D eigenvalue weighted by Crippen LogP contribution is -2.35. The maximum atomic E-state index is 13.8. The van der Waals surface area contributed by atoms with Crippen molar-refractivity contribution in [2.45, 2.75) is 45.1 Å². The van der Waals surface area contributed by atoms with E-state index in [9.17, 15) is 23.5 Å². The predicted octanol–water partition coefficient (Wildman–Crippen LogP) is 3.25. The van der Waals surface area contributed by atoms with Gasteiger partial charge in [-0.1, -0.05) is 35.9 Å². The molecule has 178 valence electrons. The molecule has 0 radical (unpaired) electrons. The Morgan fingerprint density at radius 2 is 1.88 bits per heavy atom. The van der Waals surface area contributed by atoms with Crippen molar-refractivity contribution < 1.29 is 23.4 Å². The minimum Gasteiger partial charge on any atom is -0.471 e. The first-order chi connectivity index (χ1) is 16.2. The highest BCUT2D eigenvalue weighted by molar-refractivity contribution is 6.31. The Morgan fingerprint density at radius 1 is 1.21 bits per heavy atom. The Labute approximate surface area is 199 Å². The van der Waals surface area contributed by atoms with Crippen LogP contribution in [0.3, 0.4) is 0 Å². The number of aliphatic hydroxyl groups is 1. The van der Waals surface area contributed by atoms with Gasteiger partial charge in [-0.2, -0.15) is 4.98 Å². The van der Waals surface area contributed by atoms with E-state index in [2.05, 4.69) is 10.3 Å². The first-order valence-electron chi connectivity index (χ1n) is 10.6. The van der Waals surface area contributed by atoms with Crippen LogP contribution in [0.15, 0.2) is 47.3 Å². The molecule has 7 nitrogen and oxygen atoms in total. The van der Waals surface area contributed by atoms with Crippen LogP contribution in [0.5, 0.6) is 5.88 Å². The van der Waals surface area contributed by atoms with Crippen molar-refractivity contribution in [3.8, 4) is 5.88 Å². The molecule has 2 N–H and O–H groups in total. The lowest BCUT2D eigenvalue weighted by Gasteiger charge is -2.14. The van der Waals surface area contributed by atoms with Gasteiger partial charge in [-0.15, -0.1) is 0 Å². The van der Waals surface area contributed by atoms with Gasteiger partial charge in [0, 0.05) is 18.2 Å². The van der Waals surface area contributed by atoms with Gasteiger partial charge in [-0.05, 0) is 43.0 Å². The van der Waals surface area contributed by atoms with Crippen LogP contribution < -0.4 is 15.6 Å². The minimum atomic E-state index is -1.21. The van der Waals surface area contributed by atoms with E-state index in [0.29, 0.717) is 18.7 Å². The monoisotopic (exact) mass is 489 g/mol. The Morgan fingerprint density at radius 3 is 2.53 bits per heavy atom. The maximum Gasteiger partial charge on any atom is 0.276 e. The summed E-state index contributed by atoms with van der Waals surface area (Å²) in [6, 6.07) is 10.4. The average Bonchev–Trinajstić information content (AvgIpc) is 3.57. The highest BCUT2D eigenvalue weighted by Crippen LogP contribution is 2.35. The number of carbonyl (C=O) groups excluding carboxylic acids is 1. The van der Waals surface area contributed by atoms with Crippen molar-refractivity contribution in [2.24, 2.45) is 0 Å². The summed E-state index contributed by atoms with van der Waals surface area (Å²) >= 11 is 6.17. The molecule has 34 heavy (non-hydrogen) atoms. The maximum absolute atomic E-state index is 13.8. The first-order valence-corrected chi connectivity index (χ1v) is 11.0. The number of hydrogen-bond donors (Lipinski definition) is 2. The molecule has 4 rings (SSSR count). The van der Waals surface area contributed by atoms with E-state index in [1.54, 1.807) is 6.92 Å². The summed E-state index contributed by atoms with van der Waals surface area (Å²) < 4.78 is 33.7. The Hall–Kier alpha value is -3.30. The summed E-state index contributed by atoms with van der Waals surface area (Å²) in [6.45, 7) is 1.85. The molecular formula is C24H22ClF2N3O4. The second-order valence-electron chi connectivity index (χ2n) is 8.22. The molecule has 1 aromatic heterocycles. The summed E-state index contributed by atoms with van der Waals surface area (Å²) in [5.41, 5.74) is 0.0225. The normalized spacial score (nSPS) is 14.0. The third-order valence-corrected chi connectivity index (χ3v) is 5.94. The third-order valence-electron chi connectivity index (χ3n) is 5.62. The standard InChI is InChI=1S/C24H22ClF2N3O4/c1-14-29-21(34-13-17-6-7-18(26)10-19(17)27)20(25)22(31)30(14)12-16-4-2-15(3-5-16)11-28-23(32)24(33)8-9-24/h2-7,10,33H,8-9,11-13H2,1H3,(H,28,32). The number of carbonyl (C=O) groups is 1. The molecule has 1 aliphatic carbocycles. The van der Waals surface area contributed by atoms with E-state index >= 15 is 0 Å². The van der Waals surface area contributed by atoms with Crippen LogP contribution in [-0.4, -0.2) is 26.2 Å². The molecule has 1 heterocycles. The zero-order chi connectivity index (χ0) is 24.5. The molecule has 0 unspecified atom stereocenters. The molecule has 1 fully saturated rings. The summed E-state index contributed by atoms with van der Waals surface area (Å²) in [5, 5.41) is 12.3. The van der Waals surface area contributed by atoms with E-state index in [0.717, 1.165) is 23.3 Å². The van der Waals surface area contributed by atoms with E-state index < -0.39 is 22.8 Å². The van der Waals surface area contributed by atoms with Crippen molar-refractivity contribution in [1.82, 2.24) is 14.9 Å². The van der Waals surface area contributed by atoms with Gasteiger partial charge in [-0.3, -0.25) is 14.2 Å². The zero-order valence-electron chi connectivity index (χ0n) is 18.3. The highest BCUT2D eigenvalue weighted by Gasteiger charge is 2.47. The Bertz CT molecular complexity index is 1290. The molecular weight excluding hydrogens is 468 g/mol. The van der Waals surface area contributed by atoms with Crippen molar-refractivity contribution in [3.05, 3.63) is 92.0 Å². The fourth-order valence-corrected chi connectivity index (χ4v) is 3.52. The fraction of sp³-hybridized carbons (Fsp3) is 0.292. The van der Waals surface area contributed by atoms with Gasteiger partial charge in [0.2, 0.25) is 5.88 Å². The molecule has 0 aliphatic heterocycles. The number of halogens is 3. The van der Waals surface area contributed by atoms with E-state index in [1.807, 2.05) is 24.3 Å². The lowest BCUT2D eigenvalue weighted by atomic mass is 10.1. The molecule has 1 aliphatic rings. The van der Waals surface area contributed by atoms with E-state index in [1.165, 1.54) is 10.6 Å². The number of nitrogens with zero attached hydrogens (tertiary/aromatic N) is 2. The van der Waals surface area contributed by atoms with Crippen LogP contribution in [-0.2, 0) is 24.5 Å². The molecule has 2 aromatic carbocycles. The Kier molecular flexibility index (Phi) is 6.67. The molecule has 0 bridgehead atoms. The zero-order valence-corrected chi connectivity index (χ0v) is 19.0. The summed E-state index contributed by atoms with van der Waals surface area (Å²) in [5.74, 6) is -1.63. The average molecular weight is 490 g/mol. The van der Waals surface area contributed by atoms with Crippen LogP contribution >= 0.6 is 11.6 Å². The smallest absolute Gasteiger partial charge is 0.276 e. The number of amides is 1.